The van der Waals surface area contributed by atoms with Crippen LogP contribution in [-0.4, -0.2) is 23.5 Å². The molecule has 0 aromatic carbocycles. The molecule has 25 heavy (non-hydrogen) atoms. The van der Waals surface area contributed by atoms with Gasteiger partial charge in [-0.15, -0.1) is 6.58 Å². The molecule has 1 rings (SSSR count). The van der Waals surface area contributed by atoms with Gasteiger partial charge < -0.3 is 0 Å². The molecule has 148 valence electrons. The van der Waals surface area contributed by atoms with E-state index in [4.69, 9.17) is 0 Å². The lowest BCUT2D eigenvalue weighted by molar-refractivity contribution is 0.0497. The van der Waals surface area contributed by atoms with E-state index in [0.29, 0.717) is 5.54 Å². The molecule has 0 saturated heterocycles. The van der Waals surface area contributed by atoms with Gasteiger partial charge in [0.2, 0.25) is 0 Å². The molecule has 0 N–H and O–H groups in total. The van der Waals surface area contributed by atoms with Crippen molar-refractivity contribution >= 4 is 0 Å². The van der Waals surface area contributed by atoms with Crippen molar-refractivity contribution in [1.29, 1.82) is 0 Å². The highest BCUT2D eigenvalue weighted by Gasteiger charge is 2.34. The summed E-state index contributed by atoms with van der Waals surface area (Å²) in [6.07, 6.45) is 19.4. The lowest BCUT2D eigenvalue weighted by Gasteiger charge is -2.46. The summed E-state index contributed by atoms with van der Waals surface area (Å²) in [6.45, 7) is 16.1. The first kappa shape index (κ1) is 22.7. The van der Waals surface area contributed by atoms with E-state index in [1.807, 2.05) is 0 Å². The maximum atomic E-state index is 4.01. The summed E-state index contributed by atoms with van der Waals surface area (Å²) in [5, 5.41) is 0. The van der Waals surface area contributed by atoms with Crippen LogP contribution in [0.25, 0.3) is 0 Å². The molecule has 0 radical (unpaired) electrons. The van der Waals surface area contributed by atoms with Gasteiger partial charge in [0.05, 0.1) is 0 Å². The predicted molar refractivity (Wildman–Crippen MR) is 114 cm³/mol. The topological polar surface area (TPSA) is 3.24 Å². The number of unbranched alkanes of at least 4 members (excludes halogenated alkanes) is 7. The average molecular weight is 350 g/mol. The molecule has 0 aromatic rings. The van der Waals surface area contributed by atoms with Crippen LogP contribution in [0.4, 0.5) is 0 Å². The molecule has 0 bridgehead atoms. The molecule has 0 spiro atoms. The van der Waals surface area contributed by atoms with Gasteiger partial charge in [-0.2, -0.15) is 0 Å². The largest absolute Gasteiger partial charge is 0.298 e. The van der Waals surface area contributed by atoms with Gasteiger partial charge in [-0.1, -0.05) is 57.9 Å². The van der Waals surface area contributed by atoms with Crippen molar-refractivity contribution < 1.29 is 0 Å². The van der Waals surface area contributed by atoms with Crippen LogP contribution in [0.3, 0.4) is 0 Å². The number of nitrogens with zero attached hydrogens (tertiary/aromatic N) is 1. The highest BCUT2D eigenvalue weighted by molar-refractivity contribution is 4.90. The van der Waals surface area contributed by atoms with Crippen LogP contribution >= 0.6 is 0 Å². The standard InChI is InChI=1S/C24H47N/c1-6-7-8-13-20-25(24(5)18-16-23(4)17-19-24)21-14-11-9-10-12-15-22(2)3/h23H,2,6-21H2,1,3-5H3. The predicted octanol–water partition coefficient (Wildman–Crippen LogP) is 7.75. The van der Waals surface area contributed by atoms with E-state index in [1.165, 1.54) is 109 Å². The van der Waals surface area contributed by atoms with E-state index in [2.05, 4.69) is 39.2 Å². The van der Waals surface area contributed by atoms with Gasteiger partial charge >= 0.3 is 0 Å². The fraction of sp³-hybridized carbons (Fsp3) is 0.917. The summed E-state index contributed by atoms with van der Waals surface area (Å²) in [6, 6.07) is 0. The molecule has 0 heterocycles. The molecule has 0 unspecified atom stereocenters. The lowest BCUT2D eigenvalue weighted by Crippen LogP contribution is -2.49. The fourth-order valence-electron chi connectivity index (χ4n) is 4.34. The van der Waals surface area contributed by atoms with E-state index in [-0.39, 0.29) is 0 Å². The Hall–Kier alpha value is -0.300. The second-order valence-corrected chi connectivity index (χ2v) is 9.20. The van der Waals surface area contributed by atoms with E-state index in [0.717, 1.165) is 5.92 Å². The fourth-order valence-corrected chi connectivity index (χ4v) is 4.34. The van der Waals surface area contributed by atoms with Crippen molar-refractivity contribution in [2.45, 2.75) is 123 Å². The van der Waals surface area contributed by atoms with Gasteiger partial charge in [0, 0.05) is 5.54 Å². The highest BCUT2D eigenvalue weighted by atomic mass is 15.2. The monoisotopic (exact) mass is 349 g/mol. The normalized spacial score (nSPS) is 24.0. The highest BCUT2D eigenvalue weighted by Crippen LogP contribution is 2.36. The summed E-state index contributed by atoms with van der Waals surface area (Å²) in [5.74, 6) is 0.948. The van der Waals surface area contributed by atoms with Crippen molar-refractivity contribution in [3.63, 3.8) is 0 Å². The molecule has 1 aliphatic rings. The van der Waals surface area contributed by atoms with Crippen molar-refractivity contribution in [3.8, 4) is 0 Å². The van der Waals surface area contributed by atoms with Crippen LogP contribution in [0.1, 0.15) is 118 Å². The molecule has 0 amide bonds. The zero-order chi connectivity index (χ0) is 18.5. The Bertz CT molecular complexity index is 338. The van der Waals surface area contributed by atoms with Crippen LogP contribution in [0.2, 0.25) is 0 Å². The Morgan fingerprint density at radius 1 is 0.920 bits per heavy atom. The molecular weight excluding hydrogens is 302 g/mol. The summed E-state index contributed by atoms with van der Waals surface area (Å²) >= 11 is 0. The molecule has 1 heteroatoms. The molecule has 1 nitrogen and oxygen atoms in total. The Morgan fingerprint density at radius 3 is 2.00 bits per heavy atom. The molecule has 0 aliphatic heterocycles. The number of hydrogen-bond acceptors (Lipinski definition) is 1. The Kier molecular flexibility index (Phi) is 11.8. The molecule has 1 aliphatic carbocycles. The van der Waals surface area contributed by atoms with Crippen molar-refractivity contribution in [3.05, 3.63) is 12.2 Å². The molecular formula is C24H47N. The van der Waals surface area contributed by atoms with Gasteiger partial charge in [0.15, 0.2) is 0 Å². The van der Waals surface area contributed by atoms with Gasteiger partial charge in [-0.3, -0.25) is 4.90 Å². The van der Waals surface area contributed by atoms with Crippen LogP contribution in [0.5, 0.6) is 0 Å². The van der Waals surface area contributed by atoms with Crippen LogP contribution < -0.4 is 0 Å². The second kappa shape index (κ2) is 13.0. The van der Waals surface area contributed by atoms with E-state index in [9.17, 15) is 0 Å². The molecule has 0 atom stereocenters. The Labute approximate surface area is 159 Å². The summed E-state index contributed by atoms with van der Waals surface area (Å²) < 4.78 is 0. The number of rotatable bonds is 14. The molecule has 1 saturated carbocycles. The second-order valence-electron chi connectivity index (χ2n) is 9.20. The van der Waals surface area contributed by atoms with Gasteiger partial charge in [-0.05, 0) is 84.2 Å². The molecule has 0 aromatic heterocycles. The summed E-state index contributed by atoms with van der Waals surface area (Å²) in [4.78, 5) is 2.89. The van der Waals surface area contributed by atoms with Crippen LogP contribution in [0, 0.1) is 5.92 Å². The third-order valence-electron chi connectivity index (χ3n) is 6.43. The minimum atomic E-state index is 0.485. The Balaban J connectivity index is 2.33. The number of hydrogen-bond donors (Lipinski definition) is 0. The maximum absolute atomic E-state index is 4.01. The maximum Gasteiger partial charge on any atom is 0.0181 e. The quantitative estimate of drug-likeness (QED) is 0.229. The van der Waals surface area contributed by atoms with Gasteiger partial charge in [0.1, 0.15) is 0 Å². The minimum absolute atomic E-state index is 0.485. The Morgan fingerprint density at radius 2 is 1.44 bits per heavy atom. The SMILES string of the molecule is C=C(C)CCCCCCCN(CCCCCC)C1(C)CCC(C)CC1. The first-order chi connectivity index (χ1) is 12.0. The van der Waals surface area contributed by atoms with Crippen LogP contribution in [0.15, 0.2) is 12.2 Å². The average Bonchev–Trinajstić information content (AvgIpc) is 2.58. The molecule has 1 fully saturated rings. The zero-order valence-corrected chi connectivity index (χ0v) is 18.0. The smallest absolute Gasteiger partial charge is 0.0181 e. The van der Waals surface area contributed by atoms with Gasteiger partial charge in [0.25, 0.3) is 0 Å². The van der Waals surface area contributed by atoms with E-state index < -0.39 is 0 Å². The number of allylic oxidation sites excluding steroid dienone is 1. The summed E-state index contributed by atoms with van der Waals surface area (Å²) in [5.41, 5.74) is 1.83. The van der Waals surface area contributed by atoms with Crippen molar-refractivity contribution in [1.82, 2.24) is 4.90 Å². The van der Waals surface area contributed by atoms with Crippen molar-refractivity contribution in [2.24, 2.45) is 5.92 Å². The van der Waals surface area contributed by atoms with Crippen LogP contribution in [-0.2, 0) is 0 Å². The van der Waals surface area contributed by atoms with E-state index in [1.54, 1.807) is 0 Å². The lowest BCUT2D eigenvalue weighted by atomic mass is 9.77. The summed E-state index contributed by atoms with van der Waals surface area (Å²) in [7, 11) is 0. The first-order valence-corrected chi connectivity index (χ1v) is 11.4. The third kappa shape index (κ3) is 9.83. The third-order valence-corrected chi connectivity index (χ3v) is 6.43. The van der Waals surface area contributed by atoms with Crippen molar-refractivity contribution in [2.75, 3.05) is 13.1 Å². The zero-order valence-electron chi connectivity index (χ0n) is 18.0. The van der Waals surface area contributed by atoms with E-state index >= 15 is 0 Å². The first-order valence-electron chi connectivity index (χ1n) is 11.4. The van der Waals surface area contributed by atoms with Gasteiger partial charge in [-0.25, -0.2) is 0 Å². The minimum Gasteiger partial charge on any atom is -0.298 e.